The Bertz CT molecular complexity index is 350. The maximum absolute atomic E-state index is 4.21. The van der Waals surface area contributed by atoms with Gasteiger partial charge < -0.3 is 15.2 Å². The van der Waals surface area contributed by atoms with Crippen molar-refractivity contribution in [2.75, 3.05) is 20.6 Å². The molecule has 96 valence electrons. The van der Waals surface area contributed by atoms with E-state index in [9.17, 15) is 0 Å². The van der Waals surface area contributed by atoms with Gasteiger partial charge in [0.25, 0.3) is 0 Å². The van der Waals surface area contributed by atoms with Crippen LogP contribution >= 0.6 is 0 Å². The largest absolute Gasteiger partial charge is 0.345 e. The quantitative estimate of drug-likeness (QED) is 0.817. The number of aromatic nitrogens is 2. The molecule has 0 atom stereocenters. The summed E-state index contributed by atoms with van der Waals surface area (Å²) in [5.41, 5.74) is 1.55. The third-order valence-electron chi connectivity index (χ3n) is 4.01. The lowest BCUT2D eigenvalue weighted by Gasteiger charge is -2.36. The number of rotatable bonds is 5. The van der Waals surface area contributed by atoms with Gasteiger partial charge in [0.2, 0.25) is 0 Å². The summed E-state index contributed by atoms with van der Waals surface area (Å²) in [6.45, 7) is 3.94. The van der Waals surface area contributed by atoms with Crippen molar-refractivity contribution in [1.82, 2.24) is 20.2 Å². The van der Waals surface area contributed by atoms with Crippen LogP contribution in [0.2, 0.25) is 0 Å². The Morgan fingerprint density at radius 3 is 2.65 bits per heavy atom. The van der Waals surface area contributed by atoms with Crippen LogP contribution in [0.4, 0.5) is 0 Å². The van der Waals surface area contributed by atoms with Gasteiger partial charge in [0.05, 0.1) is 0 Å². The maximum atomic E-state index is 4.21. The van der Waals surface area contributed by atoms with Crippen LogP contribution in [0.25, 0.3) is 0 Å². The lowest BCUT2D eigenvalue weighted by molar-refractivity contribution is 0.153. The van der Waals surface area contributed by atoms with Gasteiger partial charge in [0, 0.05) is 30.5 Å². The highest BCUT2D eigenvalue weighted by Gasteiger charge is 2.35. The highest BCUT2D eigenvalue weighted by molar-refractivity contribution is 5.00. The van der Waals surface area contributed by atoms with E-state index in [4.69, 9.17) is 0 Å². The average molecular weight is 236 g/mol. The number of nitrogens with one attached hydrogen (secondary N) is 2. The van der Waals surface area contributed by atoms with Crippen LogP contribution in [0.15, 0.2) is 6.20 Å². The molecule has 2 N–H and O–H groups in total. The molecule has 0 radical (unpaired) electrons. The van der Waals surface area contributed by atoms with E-state index in [1.54, 1.807) is 0 Å². The van der Waals surface area contributed by atoms with Gasteiger partial charge in [-0.2, -0.15) is 0 Å². The molecule has 1 fully saturated rings. The van der Waals surface area contributed by atoms with E-state index >= 15 is 0 Å². The predicted octanol–water partition coefficient (Wildman–Crippen LogP) is 1.68. The minimum Gasteiger partial charge on any atom is -0.345 e. The topological polar surface area (TPSA) is 44.0 Å². The molecule has 0 unspecified atom stereocenters. The van der Waals surface area contributed by atoms with Gasteiger partial charge in [-0.1, -0.05) is 12.8 Å². The molecule has 0 aromatic carbocycles. The fraction of sp³-hybridized carbons (Fsp3) is 0.769. The van der Waals surface area contributed by atoms with Crippen LogP contribution in [0, 0.1) is 6.92 Å². The second kappa shape index (κ2) is 5.19. The Morgan fingerprint density at radius 2 is 2.12 bits per heavy atom. The standard InChI is InChI=1S/C13H24N4/c1-11-15-9-12(16-11)8-14-10-13(17(2)3)6-4-5-7-13/h9,14H,4-8,10H2,1-3H3,(H,15,16). The molecule has 0 spiro atoms. The van der Waals surface area contributed by atoms with Gasteiger partial charge in [-0.15, -0.1) is 0 Å². The molecule has 1 aliphatic carbocycles. The van der Waals surface area contributed by atoms with E-state index in [2.05, 4.69) is 34.3 Å². The van der Waals surface area contributed by atoms with Crippen LogP contribution in [0.3, 0.4) is 0 Å². The predicted molar refractivity (Wildman–Crippen MR) is 69.9 cm³/mol. The summed E-state index contributed by atoms with van der Waals surface area (Å²) >= 11 is 0. The monoisotopic (exact) mass is 236 g/mol. The average Bonchev–Trinajstić information content (AvgIpc) is 2.89. The van der Waals surface area contributed by atoms with Crippen LogP contribution in [-0.4, -0.2) is 41.0 Å². The lowest BCUT2D eigenvalue weighted by Crippen LogP contribution is -2.49. The fourth-order valence-electron chi connectivity index (χ4n) is 2.81. The zero-order chi connectivity index (χ0) is 12.3. The van der Waals surface area contributed by atoms with Crippen molar-refractivity contribution in [3.8, 4) is 0 Å². The van der Waals surface area contributed by atoms with E-state index in [0.29, 0.717) is 5.54 Å². The zero-order valence-corrected chi connectivity index (χ0v) is 11.2. The van der Waals surface area contributed by atoms with Crippen molar-refractivity contribution >= 4 is 0 Å². The fourth-order valence-corrected chi connectivity index (χ4v) is 2.81. The van der Waals surface area contributed by atoms with Crippen LogP contribution in [0.1, 0.15) is 37.2 Å². The van der Waals surface area contributed by atoms with Crippen molar-refractivity contribution < 1.29 is 0 Å². The summed E-state index contributed by atoms with van der Waals surface area (Å²) < 4.78 is 0. The van der Waals surface area contributed by atoms with E-state index in [0.717, 1.165) is 18.9 Å². The molecule has 1 heterocycles. The smallest absolute Gasteiger partial charge is 0.103 e. The normalized spacial score (nSPS) is 19.1. The van der Waals surface area contributed by atoms with E-state index in [-0.39, 0.29) is 0 Å². The van der Waals surface area contributed by atoms with Crippen molar-refractivity contribution in [3.05, 3.63) is 17.7 Å². The van der Waals surface area contributed by atoms with E-state index in [1.165, 1.54) is 31.4 Å². The number of likely N-dealkylation sites (N-methyl/N-ethyl adjacent to an activating group) is 1. The molecule has 1 aromatic rings. The van der Waals surface area contributed by atoms with Gasteiger partial charge in [-0.25, -0.2) is 4.98 Å². The molecule has 1 aliphatic rings. The summed E-state index contributed by atoms with van der Waals surface area (Å²) in [5, 5.41) is 3.57. The van der Waals surface area contributed by atoms with Crippen molar-refractivity contribution in [1.29, 1.82) is 0 Å². The maximum Gasteiger partial charge on any atom is 0.103 e. The van der Waals surface area contributed by atoms with Gasteiger partial charge in [0.15, 0.2) is 0 Å². The molecular formula is C13H24N4. The number of aromatic amines is 1. The van der Waals surface area contributed by atoms with Crippen LogP contribution < -0.4 is 5.32 Å². The summed E-state index contributed by atoms with van der Waals surface area (Å²) in [6, 6.07) is 0. The molecule has 1 aromatic heterocycles. The highest BCUT2D eigenvalue weighted by Crippen LogP contribution is 2.33. The van der Waals surface area contributed by atoms with E-state index < -0.39 is 0 Å². The Kier molecular flexibility index (Phi) is 3.84. The first-order valence-electron chi connectivity index (χ1n) is 6.51. The van der Waals surface area contributed by atoms with Crippen LogP contribution in [-0.2, 0) is 6.54 Å². The zero-order valence-electron chi connectivity index (χ0n) is 11.2. The second-order valence-electron chi connectivity index (χ2n) is 5.42. The number of aryl methyl sites for hydroxylation is 1. The molecule has 17 heavy (non-hydrogen) atoms. The summed E-state index contributed by atoms with van der Waals surface area (Å²) in [4.78, 5) is 9.86. The van der Waals surface area contributed by atoms with Gasteiger partial charge in [-0.3, -0.25) is 0 Å². The SMILES string of the molecule is Cc1ncc(CNCC2(N(C)C)CCCC2)[nH]1. The minimum absolute atomic E-state index is 0.370. The van der Waals surface area contributed by atoms with Crippen molar-refractivity contribution in [3.63, 3.8) is 0 Å². The Morgan fingerprint density at radius 1 is 1.41 bits per heavy atom. The molecule has 0 amide bonds. The van der Waals surface area contributed by atoms with Gasteiger partial charge in [-0.05, 0) is 33.9 Å². The number of H-pyrrole nitrogens is 1. The molecule has 0 aliphatic heterocycles. The number of hydrogen-bond acceptors (Lipinski definition) is 3. The Labute approximate surface area is 104 Å². The molecule has 2 rings (SSSR count). The molecular weight excluding hydrogens is 212 g/mol. The minimum atomic E-state index is 0.370. The lowest BCUT2D eigenvalue weighted by atomic mass is 9.96. The third kappa shape index (κ3) is 2.87. The Hall–Kier alpha value is -0.870. The number of imidazole rings is 1. The van der Waals surface area contributed by atoms with Gasteiger partial charge >= 0.3 is 0 Å². The summed E-state index contributed by atoms with van der Waals surface area (Å²) in [5.74, 6) is 0.991. The first-order chi connectivity index (χ1) is 8.12. The molecule has 4 nitrogen and oxygen atoms in total. The second-order valence-corrected chi connectivity index (χ2v) is 5.42. The molecule has 0 saturated heterocycles. The van der Waals surface area contributed by atoms with Crippen LogP contribution in [0.5, 0.6) is 0 Å². The van der Waals surface area contributed by atoms with Crippen molar-refractivity contribution in [2.24, 2.45) is 0 Å². The first kappa shape index (κ1) is 12.6. The highest BCUT2D eigenvalue weighted by atomic mass is 15.2. The van der Waals surface area contributed by atoms with Crippen molar-refractivity contribution in [2.45, 2.75) is 44.7 Å². The summed E-state index contributed by atoms with van der Waals surface area (Å²) in [6.07, 6.45) is 7.27. The Balaban J connectivity index is 1.84. The number of nitrogens with zero attached hydrogens (tertiary/aromatic N) is 2. The number of hydrogen-bond donors (Lipinski definition) is 2. The molecule has 1 saturated carbocycles. The first-order valence-corrected chi connectivity index (χ1v) is 6.51. The summed E-state index contributed by atoms with van der Waals surface area (Å²) in [7, 11) is 4.40. The molecule has 0 bridgehead atoms. The van der Waals surface area contributed by atoms with E-state index in [1.807, 2.05) is 13.1 Å². The molecule has 4 heteroatoms. The van der Waals surface area contributed by atoms with Gasteiger partial charge in [0.1, 0.15) is 5.82 Å². The third-order valence-corrected chi connectivity index (χ3v) is 4.01.